The Hall–Kier alpha value is -1.43. The highest BCUT2D eigenvalue weighted by Gasteiger charge is 2.26. The third-order valence-corrected chi connectivity index (χ3v) is 3.49. The molecule has 1 heterocycles. The first-order valence-electron chi connectivity index (χ1n) is 7.35. The number of hydrogen-bond donors (Lipinski definition) is 2. The molecular formula is C14H25N3O3. The van der Waals surface area contributed by atoms with Crippen molar-refractivity contribution in [3.63, 3.8) is 0 Å². The largest absolute Gasteiger partial charge is 0.356 e. The van der Waals surface area contributed by atoms with Crippen molar-refractivity contribution in [3.05, 3.63) is 0 Å². The van der Waals surface area contributed by atoms with Gasteiger partial charge in [-0.3, -0.25) is 14.5 Å². The molecule has 1 fully saturated rings. The fourth-order valence-electron chi connectivity index (χ4n) is 2.47. The van der Waals surface area contributed by atoms with E-state index in [9.17, 15) is 14.4 Å². The number of carbonyl (C=O) groups is 3. The first-order chi connectivity index (χ1) is 9.65. The number of piperidine rings is 1. The molecule has 0 aromatic heterocycles. The maximum Gasteiger partial charge on any atom is 0.237 e. The third-order valence-electron chi connectivity index (χ3n) is 3.49. The van der Waals surface area contributed by atoms with Gasteiger partial charge in [-0.2, -0.15) is 0 Å². The number of rotatable bonds is 8. The fourth-order valence-corrected chi connectivity index (χ4v) is 2.47. The lowest BCUT2D eigenvalue weighted by Crippen LogP contribution is -2.50. The van der Waals surface area contributed by atoms with Crippen molar-refractivity contribution in [1.29, 1.82) is 0 Å². The van der Waals surface area contributed by atoms with Crippen molar-refractivity contribution in [3.8, 4) is 0 Å². The number of nitrogens with zero attached hydrogens (tertiary/aromatic N) is 1. The molecule has 114 valence electrons. The Bertz CT molecular complexity index is 328. The van der Waals surface area contributed by atoms with E-state index in [-0.39, 0.29) is 17.9 Å². The summed E-state index contributed by atoms with van der Waals surface area (Å²) in [6, 6.07) is -0.214. The van der Waals surface area contributed by atoms with E-state index in [0.717, 1.165) is 32.2 Å². The molecule has 1 rings (SSSR count). The van der Waals surface area contributed by atoms with Crippen molar-refractivity contribution in [2.75, 3.05) is 26.2 Å². The Morgan fingerprint density at radius 3 is 2.45 bits per heavy atom. The maximum absolute atomic E-state index is 12.2. The molecule has 1 aliphatic heterocycles. The van der Waals surface area contributed by atoms with Crippen LogP contribution < -0.4 is 10.6 Å². The predicted molar refractivity (Wildman–Crippen MR) is 76.2 cm³/mol. The number of carbonyl (C=O) groups excluding carboxylic acids is 3. The van der Waals surface area contributed by atoms with E-state index in [1.54, 1.807) is 0 Å². The van der Waals surface area contributed by atoms with Gasteiger partial charge in [0, 0.05) is 26.4 Å². The second kappa shape index (κ2) is 9.47. The number of nitrogens with one attached hydrogen (secondary N) is 2. The van der Waals surface area contributed by atoms with Crippen LogP contribution in [0.25, 0.3) is 0 Å². The Morgan fingerprint density at radius 1 is 1.15 bits per heavy atom. The zero-order chi connectivity index (χ0) is 14.8. The summed E-state index contributed by atoms with van der Waals surface area (Å²) in [5.74, 6) is -0.122. The second-order valence-electron chi connectivity index (χ2n) is 5.13. The van der Waals surface area contributed by atoms with E-state index in [2.05, 4.69) is 15.5 Å². The van der Waals surface area contributed by atoms with Crippen LogP contribution in [0.15, 0.2) is 0 Å². The lowest BCUT2D eigenvalue weighted by molar-refractivity contribution is -0.127. The zero-order valence-electron chi connectivity index (χ0n) is 12.2. The summed E-state index contributed by atoms with van der Waals surface area (Å²) in [6.07, 6.45) is 5.17. The highest BCUT2D eigenvalue weighted by Crippen LogP contribution is 2.14. The number of likely N-dealkylation sites (tertiary alicyclic amines) is 1. The molecule has 6 heteroatoms. The molecule has 0 radical (unpaired) electrons. The highest BCUT2D eigenvalue weighted by molar-refractivity contribution is 5.82. The van der Waals surface area contributed by atoms with Crippen molar-refractivity contribution >= 4 is 18.1 Å². The summed E-state index contributed by atoms with van der Waals surface area (Å²) < 4.78 is 0. The van der Waals surface area contributed by atoms with Crippen molar-refractivity contribution in [1.82, 2.24) is 15.5 Å². The smallest absolute Gasteiger partial charge is 0.237 e. The van der Waals surface area contributed by atoms with Gasteiger partial charge in [-0.1, -0.05) is 6.42 Å². The molecule has 0 aromatic rings. The molecule has 0 bridgehead atoms. The van der Waals surface area contributed by atoms with Gasteiger partial charge in [-0.15, -0.1) is 0 Å². The summed E-state index contributed by atoms with van der Waals surface area (Å²) in [7, 11) is 0. The van der Waals surface area contributed by atoms with Crippen molar-refractivity contribution in [2.45, 2.75) is 45.1 Å². The quantitative estimate of drug-likeness (QED) is 0.488. The zero-order valence-corrected chi connectivity index (χ0v) is 12.2. The number of amides is 2. The van der Waals surface area contributed by atoms with Gasteiger partial charge >= 0.3 is 0 Å². The van der Waals surface area contributed by atoms with Gasteiger partial charge in [-0.25, -0.2) is 0 Å². The highest BCUT2D eigenvalue weighted by atomic mass is 16.2. The van der Waals surface area contributed by atoms with Gasteiger partial charge in [0.15, 0.2) is 0 Å². The molecule has 6 nitrogen and oxygen atoms in total. The van der Waals surface area contributed by atoms with Gasteiger partial charge in [0.1, 0.15) is 6.29 Å². The molecule has 2 amide bonds. The fraction of sp³-hybridized carbons (Fsp3) is 0.786. The minimum Gasteiger partial charge on any atom is -0.356 e. The first-order valence-corrected chi connectivity index (χ1v) is 7.35. The lowest BCUT2D eigenvalue weighted by atomic mass is 10.1. The summed E-state index contributed by atoms with van der Waals surface area (Å²) >= 11 is 0. The van der Waals surface area contributed by atoms with Gasteiger partial charge in [0.2, 0.25) is 11.8 Å². The summed E-state index contributed by atoms with van der Waals surface area (Å²) in [5, 5.41) is 5.53. The van der Waals surface area contributed by atoms with Crippen LogP contribution in [0.3, 0.4) is 0 Å². The van der Waals surface area contributed by atoms with E-state index in [4.69, 9.17) is 0 Å². The molecule has 2 N–H and O–H groups in total. The van der Waals surface area contributed by atoms with Crippen LogP contribution in [0.1, 0.15) is 39.0 Å². The molecule has 0 saturated carbocycles. The SMILES string of the molecule is CC(=O)NCCC(C(=O)NCCC=O)N1CCCCC1. The molecule has 20 heavy (non-hydrogen) atoms. The van der Waals surface area contributed by atoms with E-state index in [1.165, 1.54) is 13.3 Å². The Morgan fingerprint density at radius 2 is 1.85 bits per heavy atom. The standard InChI is InChI=1S/C14H25N3O3/c1-12(19)15-8-6-13(14(20)16-7-5-11-18)17-9-3-2-4-10-17/h11,13H,2-10H2,1H3,(H,15,19)(H,16,20). The van der Waals surface area contributed by atoms with Crippen LogP contribution in [0.4, 0.5) is 0 Å². The summed E-state index contributed by atoms with van der Waals surface area (Å²) in [4.78, 5) is 35.6. The van der Waals surface area contributed by atoms with Crippen LogP contribution >= 0.6 is 0 Å². The van der Waals surface area contributed by atoms with Crippen LogP contribution in [-0.4, -0.2) is 55.2 Å². The van der Waals surface area contributed by atoms with E-state index >= 15 is 0 Å². The van der Waals surface area contributed by atoms with Gasteiger partial charge in [0.05, 0.1) is 6.04 Å². The predicted octanol–water partition coefficient (Wildman–Crippen LogP) is 0.0723. The minimum absolute atomic E-state index is 0.0425. The van der Waals surface area contributed by atoms with Crippen molar-refractivity contribution < 1.29 is 14.4 Å². The molecular weight excluding hydrogens is 258 g/mol. The maximum atomic E-state index is 12.2. The minimum atomic E-state index is -0.214. The van der Waals surface area contributed by atoms with Crippen LogP contribution in [-0.2, 0) is 14.4 Å². The topological polar surface area (TPSA) is 78.5 Å². The lowest BCUT2D eigenvalue weighted by Gasteiger charge is -2.33. The summed E-state index contributed by atoms with van der Waals surface area (Å²) in [5.41, 5.74) is 0. The number of hydrogen-bond acceptors (Lipinski definition) is 4. The Kier molecular flexibility index (Phi) is 7.87. The second-order valence-corrected chi connectivity index (χ2v) is 5.13. The molecule has 0 spiro atoms. The Balaban J connectivity index is 2.49. The van der Waals surface area contributed by atoms with Gasteiger partial charge < -0.3 is 15.4 Å². The van der Waals surface area contributed by atoms with Crippen LogP contribution in [0.2, 0.25) is 0 Å². The molecule has 0 aliphatic carbocycles. The van der Waals surface area contributed by atoms with E-state index in [1.807, 2.05) is 0 Å². The molecule has 1 atom stereocenters. The average molecular weight is 283 g/mol. The molecule has 1 unspecified atom stereocenters. The molecule has 1 aliphatic rings. The van der Waals surface area contributed by atoms with Gasteiger partial charge in [0.25, 0.3) is 0 Å². The molecule has 0 aromatic carbocycles. The molecule has 1 saturated heterocycles. The Labute approximate surface area is 120 Å². The third kappa shape index (κ3) is 6.14. The van der Waals surface area contributed by atoms with E-state index in [0.29, 0.717) is 25.9 Å². The summed E-state index contributed by atoms with van der Waals surface area (Å²) in [6.45, 7) is 4.20. The number of aldehydes is 1. The monoisotopic (exact) mass is 283 g/mol. The average Bonchev–Trinajstić information content (AvgIpc) is 2.44. The van der Waals surface area contributed by atoms with Crippen LogP contribution in [0.5, 0.6) is 0 Å². The first kappa shape index (κ1) is 16.6. The normalized spacial score (nSPS) is 17.2. The van der Waals surface area contributed by atoms with Crippen LogP contribution in [0, 0.1) is 0 Å². The van der Waals surface area contributed by atoms with Gasteiger partial charge in [-0.05, 0) is 32.4 Å². The van der Waals surface area contributed by atoms with E-state index < -0.39 is 0 Å². The van der Waals surface area contributed by atoms with Crippen molar-refractivity contribution in [2.24, 2.45) is 0 Å².